The summed E-state index contributed by atoms with van der Waals surface area (Å²) in [7, 11) is 0. The Morgan fingerprint density at radius 1 is 1.30 bits per heavy atom. The highest BCUT2D eigenvalue weighted by molar-refractivity contribution is 5.73. The fourth-order valence-corrected chi connectivity index (χ4v) is 0.623. The van der Waals surface area contributed by atoms with Crippen molar-refractivity contribution < 1.29 is 4.48 Å². The lowest BCUT2D eigenvalue weighted by Gasteiger charge is -2.02. The minimum Gasteiger partial charge on any atom is -0.279 e. The first-order chi connectivity index (χ1) is 4.84. The summed E-state index contributed by atoms with van der Waals surface area (Å²) in [6, 6.07) is 8.28. The number of rotatable bonds is 2. The molecule has 0 aliphatic rings. The highest BCUT2D eigenvalue weighted by Gasteiger charge is 1.97. The molecule has 0 heterocycles. The molecule has 1 aromatic rings. The van der Waals surface area contributed by atoms with E-state index in [1.165, 1.54) is 0 Å². The van der Waals surface area contributed by atoms with Crippen LogP contribution in [0.5, 0.6) is 0 Å². The second kappa shape index (κ2) is 2.96. The highest BCUT2D eigenvalue weighted by atomic mass is 19.2. The Morgan fingerprint density at radius 3 is 2.40 bits per heavy atom. The Kier molecular flexibility index (Phi) is 1.99. The molecule has 0 fully saturated rings. The zero-order valence-corrected chi connectivity index (χ0v) is 5.21. The predicted octanol–water partition coefficient (Wildman–Crippen LogP) is 1.86. The molecule has 0 bridgehead atoms. The third-order valence-corrected chi connectivity index (χ3v) is 1.08. The van der Waals surface area contributed by atoms with Gasteiger partial charge in [-0.2, -0.15) is 5.12 Å². The molecule has 0 aromatic heterocycles. The minimum absolute atomic E-state index is 0.125. The predicted molar refractivity (Wildman–Crippen MR) is 37.8 cm³/mol. The van der Waals surface area contributed by atoms with Crippen LogP contribution in [0.15, 0.2) is 30.3 Å². The van der Waals surface area contributed by atoms with Gasteiger partial charge in [-0.05, 0) is 12.1 Å². The van der Waals surface area contributed by atoms with Gasteiger partial charge in [0, 0.05) is 0 Å². The zero-order valence-electron chi connectivity index (χ0n) is 5.21. The summed E-state index contributed by atoms with van der Waals surface area (Å²) in [6.07, 6.45) is 1.60. The molecular weight excluding hydrogens is 131 g/mol. The molecule has 0 aliphatic heterocycles. The van der Waals surface area contributed by atoms with Crippen LogP contribution in [0.4, 0.5) is 10.2 Å². The van der Waals surface area contributed by atoms with E-state index in [9.17, 15) is 4.48 Å². The van der Waals surface area contributed by atoms with Crippen molar-refractivity contribution in [3.05, 3.63) is 30.3 Å². The Hall–Kier alpha value is -1.38. The topological polar surface area (TPSA) is 27.1 Å². The van der Waals surface area contributed by atoms with Crippen molar-refractivity contribution in [3.8, 4) is 0 Å². The molecule has 51 valence electrons. The largest absolute Gasteiger partial charge is 0.279 e. The average molecular weight is 137 g/mol. The Bertz CT molecular complexity index is 210. The van der Waals surface area contributed by atoms with Gasteiger partial charge in [-0.3, -0.25) is 5.41 Å². The van der Waals surface area contributed by atoms with E-state index in [4.69, 9.17) is 5.41 Å². The van der Waals surface area contributed by atoms with Crippen LogP contribution in [0.2, 0.25) is 0 Å². The lowest BCUT2D eigenvalue weighted by molar-refractivity contribution is 0.526. The van der Waals surface area contributed by atoms with Gasteiger partial charge in [0.15, 0.2) is 0 Å². The Labute approximate surface area is 58.3 Å². The number of nitrogens with zero attached hydrogens (tertiary/aromatic N) is 1. The molecule has 0 atom stereocenters. The lowest BCUT2D eigenvalue weighted by atomic mass is 10.3. The van der Waals surface area contributed by atoms with Crippen molar-refractivity contribution >= 4 is 12.0 Å². The number of nitrogens with one attached hydrogen (secondary N) is 1. The maximum Gasteiger partial charge on any atom is 0.201 e. The average Bonchev–Trinajstić information content (AvgIpc) is 2.05. The van der Waals surface area contributed by atoms with Gasteiger partial charge in [-0.1, -0.05) is 22.7 Å². The van der Waals surface area contributed by atoms with Gasteiger partial charge in [0.1, 0.15) is 0 Å². The van der Waals surface area contributed by atoms with E-state index in [-0.39, 0.29) is 5.12 Å². The van der Waals surface area contributed by atoms with Crippen molar-refractivity contribution in [1.29, 1.82) is 5.41 Å². The van der Waals surface area contributed by atoms with Crippen molar-refractivity contribution in [2.24, 2.45) is 0 Å². The summed E-state index contributed by atoms with van der Waals surface area (Å²) in [6.45, 7) is 0. The third kappa shape index (κ3) is 1.31. The number of para-hydroxylation sites is 1. The molecule has 0 saturated heterocycles. The third-order valence-electron chi connectivity index (χ3n) is 1.08. The Balaban J connectivity index is 2.84. The van der Waals surface area contributed by atoms with Gasteiger partial charge in [-0.15, -0.1) is 0 Å². The molecular formula is C7H6FN2. The van der Waals surface area contributed by atoms with Crippen LogP contribution in [-0.4, -0.2) is 6.34 Å². The smallest absolute Gasteiger partial charge is 0.201 e. The second-order valence-corrected chi connectivity index (χ2v) is 1.73. The summed E-state index contributed by atoms with van der Waals surface area (Å²) in [5.74, 6) is 0. The summed E-state index contributed by atoms with van der Waals surface area (Å²) in [4.78, 5) is 0. The summed E-state index contributed by atoms with van der Waals surface area (Å²) >= 11 is 0. The summed E-state index contributed by atoms with van der Waals surface area (Å²) in [5, 5.41) is 6.57. The molecule has 3 heteroatoms. The second-order valence-electron chi connectivity index (χ2n) is 1.73. The SMILES string of the molecule is N=[C]N(F)c1ccccc1. The molecule has 1 radical (unpaired) electrons. The molecule has 2 nitrogen and oxygen atoms in total. The van der Waals surface area contributed by atoms with Crippen molar-refractivity contribution in [2.45, 2.75) is 0 Å². The van der Waals surface area contributed by atoms with E-state index in [0.29, 0.717) is 5.69 Å². The van der Waals surface area contributed by atoms with E-state index in [1.807, 2.05) is 0 Å². The first kappa shape index (κ1) is 6.74. The fraction of sp³-hybridized carbons (Fsp3) is 0. The molecule has 10 heavy (non-hydrogen) atoms. The number of benzene rings is 1. The summed E-state index contributed by atoms with van der Waals surface area (Å²) in [5.41, 5.74) is 0.317. The van der Waals surface area contributed by atoms with Gasteiger partial charge in [0.25, 0.3) is 0 Å². The first-order valence-electron chi connectivity index (χ1n) is 2.78. The van der Waals surface area contributed by atoms with Crippen LogP contribution in [0, 0.1) is 5.41 Å². The molecule has 1 rings (SSSR count). The number of anilines is 1. The van der Waals surface area contributed by atoms with Crippen LogP contribution < -0.4 is 5.12 Å². The van der Waals surface area contributed by atoms with E-state index in [1.54, 1.807) is 36.7 Å². The van der Waals surface area contributed by atoms with Gasteiger partial charge in [0.2, 0.25) is 6.34 Å². The maximum absolute atomic E-state index is 12.4. The number of halogens is 1. The first-order valence-corrected chi connectivity index (χ1v) is 2.78. The molecule has 0 spiro atoms. The zero-order chi connectivity index (χ0) is 7.40. The van der Waals surface area contributed by atoms with Crippen LogP contribution >= 0.6 is 0 Å². The van der Waals surface area contributed by atoms with Gasteiger partial charge in [0.05, 0.1) is 5.69 Å². The van der Waals surface area contributed by atoms with Crippen molar-refractivity contribution in [1.82, 2.24) is 0 Å². The van der Waals surface area contributed by atoms with Crippen LogP contribution in [0.1, 0.15) is 0 Å². The lowest BCUT2D eigenvalue weighted by Crippen LogP contribution is -2.06. The van der Waals surface area contributed by atoms with Gasteiger partial charge < -0.3 is 0 Å². The molecule has 0 unspecified atom stereocenters. The number of hydrogen-bond donors (Lipinski definition) is 1. The molecule has 0 saturated carbocycles. The minimum atomic E-state index is 0.125. The quantitative estimate of drug-likeness (QED) is 0.286. The fourth-order valence-electron chi connectivity index (χ4n) is 0.623. The van der Waals surface area contributed by atoms with E-state index in [2.05, 4.69) is 0 Å². The normalized spacial score (nSPS) is 8.90. The van der Waals surface area contributed by atoms with E-state index >= 15 is 0 Å². The highest BCUT2D eigenvalue weighted by Crippen LogP contribution is 2.10. The number of hydrogen-bond acceptors (Lipinski definition) is 1. The molecule has 0 amide bonds. The molecule has 1 N–H and O–H groups in total. The van der Waals surface area contributed by atoms with E-state index in [0.717, 1.165) is 0 Å². The van der Waals surface area contributed by atoms with Crippen LogP contribution in [0.25, 0.3) is 0 Å². The van der Waals surface area contributed by atoms with Crippen LogP contribution in [-0.2, 0) is 0 Å². The van der Waals surface area contributed by atoms with Crippen molar-refractivity contribution in [2.75, 3.05) is 5.12 Å². The van der Waals surface area contributed by atoms with Crippen LogP contribution in [0.3, 0.4) is 0 Å². The standard InChI is InChI=1S/C7H6FN2/c8-10(6-9)7-4-2-1-3-5-7/h1-5,9H. The summed E-state index contributed by atoms with van der Waals surface area (Å²) < 4.78 is 12.4. The maximum atomic E-state index is 12.4. The van der Waals surface area contributed by atoms with E-state index < -0.39 is 0 Å². The Morgan fingerprint density at radius 2 is 1.90 bits per heavy atom. The molecule has 0 aliphatic carbocycles. The van der Waals surface area contributed by atoms with Crippen molar-refractivity contribution in [3.63, 3.8) is 0 Å². The molecule has 1 aromatic carbocycles. The van der Waals surface area contributed by atoms with Gasteiger partial charge >= 0.3 is 0 Å². The monoisotopic (exact) mass is 137 g/mol. The van der Waals surface area contributed by atoms with Gasteiger partial charge in [-0.25, -0.2) is 0 Å².